The summed E-state index contributed by atoms with van der Waals surface area (Å²) in [6, 6.07) is 13.5. The molecular formula is C22H24FNO3. The maximum Gasteiger partial charge on any atom is 0.253 e. The van der Waals surface area contributed by atoms with Gasteiger partial charge in [0, 0.05) is 18.7 Å². The second-order valence-electron chi connectivity index (χ2n) is 7.75. The molecule has 2 aliphatic rings. The van der Waals surface area contributed by atoms with E-state index in [1.807, 2.05) is 36.1 Å². The number of amides is 1. The molecule has 2 aromatic carbocycles. The lowest BCUT2D eigenvalue weighted by molar-refractivity contribution is -0.0231. The number of aryl methyl sites for hydroxylation is 1. The molecule has 1 heterocycles. The molecule has 1 amide bonds. The van der Waals surface area contributed by atoms with Crippen molar-refractivity contribution in [2.75, 3.05) is 13.1 Å². The van der Waals surface area contributed by atoms with E-state index in [1.54, 1.807) is 12.1 Å². The molecule has 0 aromatic heterocycles. The molecule has 27 heavy (non-hydrogen) atoms. The Kier molecular flexibility index (Phi) is 4.87. The summed E-state index contributed by atoms with van der Waals surface area (Å²) in [6.45, 7) is 3.37. The molecule has 0 unspecified atom stereocenters. The Morgan fingerprint density at radius 3 is 2.33 bits per heavy atom. The minimum atomic E-state index is -0.578. The molecule has 5 heteroatoms. The fourth-order valence-electron chi connectivity index (χ4n) is 4.25. The molecular weight excluding hydrogens is 345 g/mol. The first-order valence-corrected chi connectivity index (χ1v) is 9.46. The van der Waals surface area contributed by atoms with E-state index >= 15 is 0 Å². The monoisotopic (exact) mass is 369 g/mol. The molecule has 1 saturated carbocycles. The van der Waals surface area contributed by atoms with Crippen molar-refractivity contribution < 1.29 is 19.0 Å². The number of benzene rings is 2. The van der Waals surface area contributed by atoms with E-state index < -0.39 is 6.10 Å². The van der Waals surface area contributed by atoms with Crippen molar-refractivity contribution in [1.29, 1.82) is 0 Å². The first-order valence-electron chi connectivity index (χ1n) is 9.46. The van der Waals surface area contributed by atoms with Crippen molar-refractivity contribution in [3.8, 4) is 5.75 Å². The summed E-state index contributed by atoms with van der Waals surface area (Å²) in [5.41, 5.74) is 1.84. The van der Waals surface area contributed by atoms with Crippen LogP contribution >= 0.6 is 0 Å². The second kappa shape index (κ2) is 7.31. The quantitative estimate of drug-likeness (QED) is 0.902. The first kappa shape index (κ1) is 18.0. The van der Waals surface area contributed by atoms with E-state index in [9.17, 15) is 14.3 Å². The standard InChI is InChI=1S/C22H24FNO3/c1-14-2-4-15(5-3-14)22(26)24-12-16-10-20(25)21(11-17(16)13-24)27-19-8-6-18(23)7-9-19/h2-9,16-17,20-21,25H,10-13H2,1H3/t16-,17+,20+,21+/m0/s1. The molecule has 142 valence electrons. The number of carbonyl (C=O) groups excluding carboxylic acids is 1. The lowest BCUT2D eigenvalue weighted by atomic mass is 9.78. The summed E-state index contributed by atoms with van der Waals surface area (Å²) in [5.74, 6) is 0.905. The van der Waals surface area contributed by atoms with Crippen molar-refractivity contribution in [2.24, 2.45) is 11.8 Å². The number of halogens is 1. The Balaban J connectivity index is 1.41. The highest BCUT2D eigenvalue weighted by Gasteiger charge is 2.44. The Morgan fingerprint density at radius 2 is 1.67 bits per heavy atom. The van der Waals surface area contributed by atoms with Crippen molar-refractivity contribution in [2.45, 2.75) is 32.0 Å². The van der Waals surface area contributed by atoms with E-state index in [1.165, 1.54) is 12.1 Å². The van der Waals surface area contributed by atoms with Gasteiger partial charge in [-0.2, -0.15) is 0 Å². The summed E-state index contributed by atoms with van der Waals surface area (Å²) in [5, 5.41) is 10.5. The summed E-state index contributed by atoms with van der Waals surface area (Å²) in [7, 11) is 0. The molecule has 1 N–H and O–H groups in total. The van der Waals surface area contributed by atoms with Crippen LogP contribution in [0.3, 0.4) is 0 Å². The number of rotatable bonds is 3. The van der Waals surface area contributed by atoms with E-state index in [0.717, 1.165) is 5.56 Å². The van der Waals surface area contributed by atoms with Gasteiger partial charge in [-0.25, -0.2) is 4.39 Å². The topological polar surface area (TPSA) is 49.8 Å². The van der Waals surface area contributed by atoms with Crippen LogP contribution in [0.15, 0.2) is 48.5 Å². The van der Waals surface area contributed by atoms with E-state index in [-0.39, 0.29) is 17.8 Å². The molecule has 4 nitrogen and oxygen atoms in total. The minimum Gasteiger partial charge on any atom is -0.488 e. The fraction of sp³-hybridized carbons (Fsp3) is 0.409. The zero-order valence-corrected chi connectivity index (χ0v) is 15.3. The number of likely N-dealkylation sites (tertiary alicyclic amines) is 1. The number of carbonyl (C=O) groups is 1. The number of hydrogen-bond acceptors (Lipinski definition) is 3. The van der Waals surface area contributed by atoms with Crippen LogP contribution in [0, 0.1) is 24.6 Å². The van der Waals surface area contributed by atoms with Gasteiger partial charge in [0.2, 0.25) is 0 Å². The molecule has 4 rings (SSSR count). The van der Waals surface area contributed by atoms with Gasteiger partial charge in [-0.3, -0.25) is 4.79 Å². The molecule has 0 radical (unpaired) electrons. The minimum absolute atomic E-state index is 0.0508. The van der Waals surface area contributed by atoms with Gasteiger partial charge in [-0.05, 0) is 68.0 Å². The fourth-order valence-corrected chi connectivity index (χ4v) is 4.25. The highest BCUT2D eigenvalue weighted by atomic mass is 19.1. The third-order valence-corrected chi connectivity index (χ3v) is 5.77. The Hall–Kier alpha value is -2.40. The van der Waals surface area contributed by atoms with E-state index in [2.05, 4.69) is 0 Å². The van der Waals surface area contributed by atoms with E-state index in [0.29, 0.717) is 49.1 Å². The van der Waals surface area contributed by atoms with Gasteiger partial charge in [0.25, 0.3) is 5.91 Å². The predicted molar refractivity (Wildman–Crippen MR) is 100 cm³/mol. The second-order valence-corrected chi connectivity index (χ2v) is 7.75. The zero-order valence-electron chi connectivity index (χ0n) is 15.3. The number of ether oxygens (including phenoxy) is 1. The molecule has 1 aliphatic carbocycles. The maximum atomic E-state index is 13.1. The number of aliphatic hydroxyl groups is 1. The van der Waals surface area contributed by atoms with Gasteiger partial charge in [0.1, 0.15) is 17.7 Å². The number of fused-ring (bicyclic) bond motifs is 1. The average Bonchev–Trinajstić information content (AvgIpc) is 3.06. The largest absolute Gasteiger partial charge is 0.488 e. The third-order valence-electron chi connectivity index (χ3n) is 5.77. The lowest BCUT2D eigenvalue weighted by Gasteiger charge is -2.35. The van der Waals surface area contributed by atoms with Crippen LogP contribution in [0.2, 0.25) is 0 Å². The van der Waals surface area contributed by atoms with Crippen molar-refractivity contribution in [1.82, 2.24) is 4.90 Å². The van der Waals surface area contributed by atoms with Gasteiger partial charge in [-0.1, -0.05) is 17.7 Å². The highest BCUT2D eigenvalue weighted by molar-refractivity contribution is 5.94. The Labute approximate surface area is 158 Å². The number of hydrogen-bond donors (Lipinski definition) is 1. The number of aliphatic hydroxyl groups excluding tert-OH is 1. The number of nitrogens with zero attached hydrogens (tertiary/aromatic N) is 1. The van der Waals surface area contributed by atoms with Crippen LogP contribution in [-0.4, -0.2) is 41.2 Å². The van der Waals surface area contributed by atoms with Gasteiger partial charge in [-0.15, -0.1) is 0 Å². The van der Waals surface area contributed by atoms with Crippen LogP contribution in [0.1, 0.15) is 28.8 Å². The molecule has 0 bridgehead atoms. The van der Waals surface area contributed by atoms with Crippen molar-refractivity contribution in [3.63, 3.8) is 0 Å². The normalized spacial score (nSPS) is 27.3. The van der Waals surface area contributed by atoms with Gasteiger partial charge < -0.3 is 14.7 Å². The molecule has 2 fully saturated rings. The van der Waals surface area contributed by atoms with E-state index in [4.69, 9.17) is 4.74 Å². The lowest BCUT2D eigenvalue weighted by Crippen LogP contribution is -2.42. The van der Waals surface area contributed by atoms with Crippen LogP contribution in [-0.2, 0) is 0 Å². The zero-order chi connectivity index (χ0) is 19.0. The van der Waals surface area contributed by atoms with Gasteiger partial charge in [0.05, 0.1) is 6.10 Å². The Bertz CT molecular complexity index is 805. The smallest absolute Gasteiger partial charge is 0.253 e. The molecule has 1 saturated heterocycles. The maximum absolute atomic E-state index is 13.1. The Morgan fingerprint density at radius 1 is 1.04 bits per heavy atom. The summed E-state index contributed by atoms with van der Waals surface area (Å²) in [6.07, 6.45) is 0.409. The highest BCUT2D eigenvalue weighted by Crippen LogP contribution is 2.38. The third kappa shape index (κ3) is 3.83. The van der Waals surface area contributed by atoms with Gasteiger partial charge >= 0.3 is 0 Å². The van der Waals surface area contributed by atoms with Crippen LogP contribution in [0.25, 0.3) is 0 Å². The first-order chi connectivity index (χ1) is 13.0. The molecule has 1 aliphatic heterocycles. The van der Waals surface area contributed by atoms with Crippen molar-refractivity contribution in [3.05, 3.63) is 65.5 Å². The molecule has 4 atom stereocenters. The average molecular weight is 369 g/mol. The summed E-state index contributed by atoms with van der Waals surface area (Å²) >= 11 is 0. The van der Waals surface area contributed by atoms with Crippen molar-refractivity contribution >= 4 is 5.91 Å². The summed E-state index contributed by atoms with van der Waals surface area (Å²) in [4.78, 5) is 14.7. The van der Waals surface area contributed by atoms with Crippen LogP contribution < -0.4 is 4.74 Å². The SMILES string of the molecule is Cc1ccc(C(=O)N2C[C@H]3C[C@@H](Oc4ccc(F)cc4)[C@H](O)C[C@H]3C2)cc1. The predicted octanol–water partition coefficient (Wildman–Crippen LogP) is 3.42. The summed E-state index contributed by atoms with van der Waals surface area (Å²) < 4.78 is 19.0. The molecule has 0 spiro atoms. The van der Waals surface area contributed by atoms with Crippen LogP contribution in [0.4, 0.5) is 4.39 Å². The van der Waals surface area contributed by atoms with Crippen LogP contribution in [0.5, 0.6) is 5.75 Å². The molecule has 2 aromatic rings. The van der Waals surface area contributed by atoms with Gasteiger partial charge in [0.15, 0.2) is 0 Å².